The highest BCUT2D eigenvalue weighted by Crippen LogP contribution is 2.19. The van der Waals surface area contributed by atoms with E-state index in [1.807, 2.05) is 16.8 Å². The third kappa shape index (κ3) is 3.30. The molecule has 1 saturated heterocycles. The molecular weight excluding hydrogens is 272 g/mol. The predicted octanol–water partition coefficient (Wildman–Crippen LogP) is 0.929. The Morgan fingerprint density at radius 1 is 1.50 bits per heavy atom. The van der Waals surface area contributed by atoms with Crippen molar-refractivity contribution in [2.24, 2.45) is 0 Å². The molecule has 0 bridgehead atoms. The van der Waals surface area contributed by atoms with Gasteiger partial charge in [0.25, 0.3) is 10.2 Å². The molecule has 18 heavy (non-hydrogen) atoms. The summed E-state index contributed by atoms with van der Waals surface area (Å²) in [5, 5.41) is 13.1. The Labute approximate surface area is 112 Å². The summed E-state index contributed by atoms with van der Waals surface area (Å²) in [6, 6.07) is 1.62. The normalized spacial score (nSPS) is 22.2. The fraction of sp³-hybridized carbons (Fsp3) is 0.636. The van der Waals surface area contributed by atoms with E-state index in [9.17, 15) is 13.5 Å². The monoisotopic (exact) mass is 290 g/mol. The van der Waals surface area contributed by atoms with E-state index >= 15 is 0 Å². The maximum atomic E-state index is 12.2. The van der Waals surface area contributed by atoms with Crippen LogP contribution in [0.25, 0.3) is 0 Å². The summed E-state index contributed by atoms with van der Waals surface area (Å²) in [6.45, 7) is 0.685. The lowest BCUT2D eigenvalue weighted by atomic mass is 10.1. The Bertz CT molecular complexity index is 459. The smallest absolute Gasteiger partial charge is 0.280 e. The van der Waals surface area contributed by atoms with Crippen molar-refractivity contribution in [2.45, 2.75) is 31.8 Å². The van der Waals surface area contributed by atoms with Gasteiger partial charge < -0.3 is 5.11 Å². The van der Waals surface area contributed by atoms with Gasteiger partial charge in [0.05, 0.1) is 6.61 Å². The molecule has 0 radical (unpaired) electrons. The second-order valence-electron chi connectivity index (χ2n) is 4.40. The number of nitrogens with one attached hydrogen (secondary N) is 1. The van der Waals surface area contributed by atoms with Crippen molar-refractivity contribution >= 4 is 21.5 Å². The Balaban J connectivity index is 2.00. The van der Waals surface area contributed by atoms with Gasteiger partial charge in [0.2, 0.25) is 0 Å². The highest BCUT2D eigenvalue weighted by molar-refractivity contribution is 7.87. The van der Waals surface area contributed by atoms with Gasteiger partial charge in [-0.3, -0.25) is 0 Å². The second-order valence-corrected chi connectivity index (χ2v) is 6.89. The van der Waals surface area contributed by atoms with Gasteiger partial charge in [0.1, 0.15) is 0 Å². The van der Waals surface area contributed by atoms with Crippen molar-refractivity contribution in [3.8, 4) is 0 Å². The average molecular weight is 290 g/mol. The second kappa shape index (κ2) is 6.12. The molecule has 0 saturated carbocycles. The summed E-state index contributed by atoms with van der Waals surface area (Å²) in [6.07, 6.45) is 2.56. The van der Waals surface area contributed by atoms with Crippen molar-refractivity contribution in [2.75, 3.05) is 13.2 Å². The van der Waals surface area contributed by atoms with Gasteiger partial charge in [-0.2, -0.15) is 28.8 Å². The molecular formula is C11H18N2O3S2. The zero-order valence-electron chi connectivity index (χ0n) is 10.1. The number of nitrogens with zero attached hydrogens (tertiary/aromatic N) is 1. The zero-order valence-corrected chi connectivity index (χ0v) is 11.7. The van der Waals surface area contributed by atoms with Crippen LogP contribution in [-0.4, -0.2) is 37.0 Å². The molecule has 7 heteroatoms. The van der Waals surface area contributed by atoms with Crippen molar-refractivity contribution in [3.05, 3.63) is 22.4 Å². The summed E-state index contributed by atoms with van der Waals surface area (Å²) < 4.78 is 28.3. The first-order valence-corrected chi connectivity index (χ1v) is 8.40. The molecule has 1 unspecified atom stereocenters. The largest absolute Gasteiger partial charge is 0.395 e. The minimum Gasteiger partial charge on any atom is -0.395 e. The van der Waals surface area contributed by atoms with Crippen molar-refractivity contribution in [1.82, 2.24) is 9.03 Å². The minimum atomic E-state index is -3.49. The molecule has 1 aliphatic heterocycles. The Morgan fingerprint density at radius 3 is 3.00 bits per heavy atom. The fourth-order valence-corrected chi connectivity index (χ4v) is 4.24. The third-order valence-electron chi connectivity index (χ3n) is 3.13. The van der Waals surface area contributed by atoms with Crippen LogP contribution in [0.5, 0.6) is 0 Å². The highest BCUT2D eigenvalue weighted by atomic mass is 32.2. The lowest BCUT2D eigenvalue weighted by molar-refractivity contribution is 0.154. The van der Waals surface area contributed by atoms with Crippen LogP contribution in [0, 0.1) is 0 Å². The lowest BCUT2D eigenvalue weighted by Gasteiger charge is -2.33. The topological polar surface area (TPSA) is 69.6 Å². The number of rotatable bonds is 5. The van der Waals surface area contributed by atoms with Crippen molar-refractivity contribution < 1.29 is 13.5 Å². The van der Waals surface area contributed by atoms with E-state index < -0.39 is 10.2 Å². The average Bonchev–Trinajstić information content (AvgIpc) is 2.89. The molecule has 2 N–H and O–H groups in total. The minimum absolute atomic E-state index is 0.112. The van der Waals surface area contributed by atoms with E-state index in [1.165, 1.54) is 4.31 Å². The lowest BCUT2D eigenvalue weighted by Crippen LogP contribution is -2.50. The first-order valence-electron chi connectivity index (χ1n) is 6.02. The standard InChI is InChI=1S/C11H18N2O3S2/c14-8-11-3-1-2-5-13(11)18(15,16)12-7-10-4-6-17-9-10/h4,6,9,11-12,14H,1-3,5,7-8H2. The number of thiophene rings is 1. The van der Waals surface area contributed by atoms with E-state index in [4.69, 9.17) is 0 Å². The Kier molecular flexibility index (Phi) is 4.74. The van der Waals surface area contributed by atoms with Crippen molar-refractivity contribution in [3.63, 3.8) is 0 Å². The van der Waals surface area contributed by atoms with Crippen LogP contribution in [-0.2, 0) is 16.8 Å². The van der Waals surface area contributed by atoms with Gasteiger partial charge in [-0.05, 0) is 35.2 Å². The van der Waals surface area contributed by atoms with E-state index in [2.05, 4.69) is 4.72 Å². The van der Waals surface area contributed by atoms with E-state index in [-0.39, 0.29) is 12.6 Å². The number of piperidine rings is 1. The SMILES string of the molecule is O=S(=O)(NCc1ccsc1)N1CCCCC1CO. The first kappa shape index (κ1) is 14.0. The molecule has 5 nitrogen and oxygen atoms in total. The summed E-state index contributed by atoms with van der Waals surface area (Å²) >= 11 is 1.54. The molecule has 1 atom stereocenters. The maximum absolute atomic E-state index is 12.2. The van der Waals surface area contributed by atoms with Gasteiger partial charge in [0, 0.05) is 19.1 Å². The van der Waals surface area contributed by atoms with Crippen LogP contribution < -0.4 is 4.72 Å². The van der Waals surface area contributed by atoms with Gasteiger partial charge in [0.15, 0.2) is 0 Å². The van der Waals surface area contributed by atoms with Crippen LogP contribution in [0.15, 0.2) is 16.8 Å². The molecule has 0 aliphatic carbocycles. The highest BCUT2D eigenvalue weighted by Gasteiger charge is 2.31. The van der Waals surface area contributed by atoms with Crippen LogP contribution in [0.1, 0.15) is 24.8 Å². The van der Waals surface area contributed by atoms with Crippen LogP contribution in [0.2, 0.25) is 0 Å². The first-order chi connectivity index (χ1) is 8.63. The molecule has 0 amide bonds. The molecule has 1 aromatic heterocycles. The fourth-order valence-electron chi connectivity index (χ4n) is 2.12. The molecule has 1 fully saturated rings. The quantitative estimate of drug-likeness (QED) is 0.847. The summed E-state index contributed by atoms with van der Waals surface area (Å²) in [7, 11) is -3.49. The zero-order chi connectivity index (χ0) is 13.0. The summed E-state index contributed by atoms with van der Waals surface area (Å²) in [4.78, 5) is 0. The summed E-state index contributed by atoms with van der Waals surface area (Å²) in [5.74, 6) is 0. The van der Waals surface area contributed by atoms with Gasteiger partial charge >= 0.3 is 0 Å². The Morgan fingerprint density at radius 2 is 2.33 bits per heavy atom. The number of hydrogen-bond donors (Lipinski definition) is 2. The number of aliphatic hydroxyl groups is 1. The molecule has 102 valence electrons. The molecule has 0 spiro atoms. The number of aliphatic hydroxyl groups excluding tert-OH is 1. The molecule has 1 aliphatic rings. The van der Waals surface area contributed by atoms with E-state index in [0.29, 0.717) is 13.1 Å². The van der Waals surface area contributed by atoms with E-state index in [0.717, 1.165) is 24.8 Å². The summed E-state index contributed by atoms with van der Waals surface area (Å²) in [5.41, 5.74) is 0.959. The van der Waals surface area contributed by atoms with Crippen LogP contribution >= 0.6 is 11.3 Å². The van der Waals surface area contributed by atoms with Crippen molar-refractivity contribution in [1.29, 1.82) is 0 Å². The van der Waals surface area contributed by atoms with Crippen LogP contribution in [0.4, 0.5) is 0 Å². The van der Waals surface area contributed by atoms with Gasteiger partial charge in [-0.1, -0.05) is 6.42 Å². The van der Waals surface area contributed by atoms with Gasteiger partial charge in [-0.15, -0.1) is 0 Å². The number of hydrogen-bond acceptors (Lipinski definition) is 4. The Hall–Kier alpha value is -0.470. The van der Waals surface area contributed by atoms with E-state index in [1.54, 1.807) is 11.3 Å². The molecule has 1 aromatic rings. The predicted molar refractivity (Wildman–Crippen MR) is 71.5 cm³/mol. The maximum Gasteiger partial charge on any atom is 0.280 e. The molecule has 2 rings (SSSR count). The van der Waals surface area contributed by atoms with Crippen LogP contribution in [0.3, 0.4) is 0 Å². The molecule has 2 heterocycles. The molecule has 0 aromatic carbocycles. The third-order valence-corrected chi connectivity index (χ3v) is 5.47. The van der Waals surface area contributed by atoms with Gasteiger partial charge in [-0.25, -0.2) is 0 Å².